The first-order chi connectivity index (χ1) is 9.61. The highest BCUT2D eigenvalue weighted by molar-refractivity contribution is 9.11. The Morgan fingerprint density at radius 1 is 1.25 bits per heavy atom. The zero-order valence-corrected chi connectivity index (χ0v) is 14.5. The van der Waals surface area contributed by atoms with E-state index < -0.39 is 0 Å². The molecule has 2 aromatic rings. The number of benzene rings is 1. The van der Waals surface area contributed by atoms with Crippen molar-refractivity contribution in [3.05, 3.63) is 56.7 Å². The van der Waals surface area contributed by atoms with Crippen LogP contribution in [0.5, 0.6) is 5.75 Å². The van der Waals surface area contributed by atoms with E-state index in [0.29, 0.717) is 0 Å². The minimum Gasteiger partial charge on any atom is -0.495 e. The van der Waals surface area contributed by atoms with Crippen molar-refractivity contribution in [2.75, 3.05) is 7.11 Å². The highest BCUT2D eigenvalue weighted by Gasteiger charge is 2.11. The predicted octanol–water partition coefficient (Wildman–Crippen LogP) is 4.47. The number of hydrogen-bond donors (Lipinski definition) is 1. The van der Waals surface area contributed by atoms with Gasteiger partial charge in [0.05, 0.1) is 11.6 Å². The number of aromatic nitrogens is 1. The summed E-state index contributed by atoms with van der Waals surface area (Å²) in [5, 5.41) is 3.49. The largest absolute Gasteiger partial charge is 0.495 e. The fourth-order valence-electron chi connectivity index (χ4n) is 2.01. The van der Waals surface area contributed by atoms with Gasteiger partial charge in [0, 0.05) is 35.0 Å². The molecule has 0 fully saturated rings. The van der Waals surface area contributed by atoms with Gasteiger partial charge in [-0.1, -0.05) is 15.9 Å². The van der Waals surface area contributed by atoms with E-state index in [1.807, 2.05) is 30.6 Å². The van der Waals surface area contributed by atoms with Crippen LogP contribution in [0.15, 0.2) is 45.6 Å². The van der Waals surface area contributed by atoms with Crippen molar-refractivity contribution in [1.29, 1.82) is 0 Å². The molecule has 1 N–H and O–H groups in total. The molecule has 2 rings (SSSR count). The second-order valence-electron chi connectivity index (χ2n) is 4.46. The highest BCUT2D eigenvalue weighted by Crippen LogP contribution is 2.32. The molecule has 1 aromatic carbocycles. The third-order valence-corrected chi connectivity index (χ3v) is 4.14. The molecule has 3 nitrogen and oxygen atoms in total. The first-order valence-electron chi connectivity index (χ1n) is 6.27. The van der Waals surface area contributed by atoms with Gasteiger partial charge in [-0.15, -0.1) is 0 Å². The number of ether oxygens (including phenoxy) is 1. The van der Waals surface area contributed by atoms with Gasteiger partial charge >= 0.3 is 0 Å². The van der Waals surface area contributed by atoms with Crippen molar-refractivity contribution in [3.8, 4) is 5.75 Å². The summed E-state index contributed by atoms with van der Waals surface area (Å²) in [4.78, 5) is 4.04. The van der Waals surface area contributed by atoms with Gasteiger partial charge in [-0.25, -0.2) is 0 Å². The first-order valence-corrected chi connectivity index (χ1v) is 7.85. The summed E-state index contributed by atoms with van der Waals surface area (Å²) in [6.07, 6.45) is 3.62. The molecule has 0 saturated carbocycles. The number of hydrogen-bond acceptors (Lipinski definition) is 3. The van der Waals surface area contributed by atoms with Crippen LogP contribution in [0.4, 0.5) is 0 Å². The number of halogens is 2. The van der Waals surface area contributed by atoms with Gasteiger partial charge in [0.25, 0.3) is 0 Å². The van der Waals surface area contributed by atoms with Gasteiger partial charge in [-0.3, -0.25) is 4.98 Å². The van der Waals surface area contributed by atoms with Gasteiger partial charge in [0.15, 0.2) is 0 Å². The molecule has 1 heterocycles. The third-order valence-electron chi connectivity index (χ3n) is 3.09. The highest BCUT2D eigenvalue weighted by atomic mass is 79.9. The number of nitrogens with one attached hydrogen (secondary N) is 1. The van der Waals surface area contributed by atoms with E-state index in [1.165, 1.54) is 5.56 Å². The SMILES string of the molecule is COc1c(Br)cc(Br)cc1CNC(C)c1ccncc1. The molecule has 0 aliphatic heterocycles. The molecule has 1 unspecified atom stereocenters. The maximum absolute atomic E-state index is 5.45. The molecule has 0 aliphatic carbocycles. The monoisotopic (exact) mass is 398 g/mol. The Kier molecular flexibility index (Phi) is 5.57. The summed E-state index contributed by atoms with van der Waals surface area (Å²) in [5.41, 5.74) is 2.32. The minimum atomic E-state index is 0.250. The van der Waals surface area contributed by atoms with Crippen LogP contribution in [-0.2, 0) is 6.54 Å². The summed E-state index contributed by atoms with van der Waals surface area (Å²) < 4.78 is 7.42. The van der Waals surface area contributed by atoms with Gasteiger partial charge in [0.1, 0.15) is 5.75 Å². The topological polar surface area (TPSA) is 34.1 Å². The summed E-state index contributed by atoms with van der Waals surface area (Å²) in [5.74, 6) is 0.864. The maximum atomic E-state index is 5.45. The third kappa shape index (κ3) is 3.81. The van der Waals surface area contributed by atoms with E-state index in [2.05, 4.69) is 55.2 Å². The van der Waals surface area contributed by atoms with Gasteiger partial charge < -0.3 is 10.1 Å². The van der Waals surface area contributed by atoms with Crippen molar-refractivity contribution >= 4 is 31.9 Å². The van der Waals surface area contributed by atoms with Crippen LogP contribution < -0.4 is 10.1 Å². The minimum absolute atomic E-state index is 0.250. The summed E-state index contributed by atoms with van der Waals surface area (Å²) in [7, 11) is 1.68. The van der Waals surface area contributed by atoms with Crippen molar-refractivity contribution < 1.29 is 4.74 Å². The van der Waals surface area contributed by atoms with Crippen LogP contribution in [0.3, 0.4) is 0 Å². The van der Waals surface area contributed by atoms with Crippen molar-refractivity contribution in [1.82, 2.24) is 10.3 Å². The lowest BCUT2D eigenvalue weighted by molar-refractivity contribution is 0.403. The van der Waals surface area contributed by atoms with E-state index in [0.717, 1.165) is 26.8 Å². The summed E-state index contributed by atoms with van der Waals surface area (Å²) >= 11 is 7.03. The second kappa shape index (κ2) is 7.20. The second-order valence-corrected chi connectivity index (χ2v) is 6.23. The molecule has 0 amide bonds. The van der Waals surface area contributed by atoms with Crippen LogP contribution in [-0.4, -0.2) is 12.1 Å². The number of methoxy groups -OCH3 is 1. The number of rotatable bonds is 5. The fraction of sp³-hybridized carbons (Fsp3) is 0.267. The molecular weight excluding hydrogens is 384 g/mol. The smallest absolute Gasteiger partial charge is 0.137 e. The zero-order chi connectivity index (χ0) is 14.5. The molecule has 0 bridgehead atoms. The molecule has 5 heteroatoms. The molecule has 1 atom stereocenters. The average Bonchev–Trinajstić information content (AvgIpc) is 2.45. The molecule has 20 heavy (non-hydrogen) atoms. The molecule has 0 spiro atoms. The Balaban J connectivity index is 2.11. The quantitative estimate of drug-likeness (QED) is 0.805. The van der Waals surface area contributed by atoms with E-state index in [9.17, 15) is 0 Å². The zero-order valence-electron chi connectivity index (χ0n) is 11.4. The van der Waals surface area contributed by atoms with E-state index in [-0.39, 0.29) is 6.04 Å². The lowest BCUT2D eigenvalue weighted by atomic mass is 10.1. The normalized spacial score (nSPS) is 12.2. The Bertz CT molecular complexity index is 576. The molecule has 106 valence electrons. The molecule has 0 aliphatic rings. The number of nitrogens with zero attached hydrogens (tertiary/aromatic N) is 1. The lowest BCUT2D eigenvalue weighted by Crippen LogP contribution is -2.18. The van der Waals surface area contributed by atoms with E-state index in [1.54, 1.807) is 7.11 Å². The number of pyridine rings is 1. The van der Waals surface area contributed by atoms with Crippen LogP contribution in [0.25, 0.3) is 0 Å². The van der Waals surface area contributed by atoms with Crippen LogP contribution in [0.1, 0.15) is 24.1 Å². The van der Waals surface area contributed by atoms with Gasteiger partial charge in [-0.2, -0.15) is 0 Å². The van der Waals surface area contributed by atoms with Crippen molar-refractivity contribution in [3.63, 3.8) is 0 Å². The average molecular weight is 400 g/mol. The molecular formula is C15H16Br2N2O. The van der Waals surface area contributed by atoms with Crippen LogP contribution in [0.2, 0.25) is 0 Å². The van der Waals surface area contributed by atoms with Crippen LogP contribution >= 0.6 is 31.9 Å². The summed E-state index contributed by atoms with van der Waals surface area (Å²) in [6.45, 7) is 2.86. The Hall–Kier alpha value is -0.910. The molecule has 1 aromatic heterocycles. The maximum Gasteiger partial charge on any atom is 0.137 e. The Labute approximate surface area is 136 Å². The summed E-state index contributed by atoms with van der Waals surface area (Å²) in [6, 6.07) is 8.34. The van der Waals surface area contributed by atoms with Crippen molar-refractivity contribution in [2.24, 2.45) is 0 Å². The Morgan fingerprint density at radius 3 is 2.60 bits per heavy atom. The van der Waals surface area contributed by atoms with E-state index >= 15 is 0 Å². The molecule has 0 saturated heterocycles. The molecule has 0 radical (unpaired) electrons. The van der Waals surface area contributed by atoms with E-state index in [4.69, 9.17) is 4.74 Å². The fourth-order valence-corrected chi connectivity index (χ4v) is 3.48. The van der Waals surface area contributed by atoms with Crippen molar-refractivity contribution in [2.45, 2.75) is 19.5 Å². The van der Waals surface area contributed by atoms with Gasteiger partial charge in [-0.05, 0) is 52.7 Å². The lowest BCUT2D eigenvalue weighted by Gasteiger charge is -2.16. The first kappa shape index (κ1) is 15.5. The predicted molar refractivity (Wildman–Crippen MR) is 87.9 cm³/mol. The Morgan fingerprint density at radius 2 is 1.95 bits per heavy atom. The van der Waals surface area contributed by atoms with Crippen LogP contribution in [0, 0.1) is 0 Å². The standard InChI is InChI=1S/C15H16Br2N2O/c1-10(11-3-5-18-6-4-11)19-9-12-7-13(16)8-14(17)15(12)20-2/h3-8,10,19H,9H2,1-2H3. The van der Waals surface area contributed by atoms with Gasteiger partial charge in [0.2, 0.25) is 0 Å².